The third-order valence-corrected chi connectivity index (χ3v) is 4.60. The SMILES string of the molecule is COc1ccc(C)cc1NC(=O)c1cc(N2CCCC(C)C2)ccn1. The molecule has 1 amide bonds. The number of piperidine rings is 1. The lowest BCUT2D eigenvalue weighted by atomic mass is 10.00. The number of hydrogen-bond acceptors (Lipinski definition) is 4. The summed E-state index contributed by atoms with van der Waals surface area (Å²) in [6, 6.07) is 9.54. The molecule has 0 bridgehead atoms. The van der Waals surface area contributed by atoms with E-state index in [1.54, 1.807) is 13.3 Å². The summed E-state index contributed by atoms with van der Waals surface area (Å²) in [7, 11) is 1.59. The van der Waals surface area contributed by atoms with Crippen LogP contribution in [0.2, 0.25) is 0 Å². The highest BCUT2D eigenvalue weighted by atomic mass is 16.5. The molecule has 2 aromatic rings. The fraction of sp³-hybridized carbons (Fsp3) is 0.400. The predicted octanol–water partition coefficient (Wildman–Crippen LogP) is 3.89. The number of aryl methyl sites for hydroxylation is 1. The van der Waals surface area contributed by atoms with Crippen molar-refractivity contribution >= 4 is 17.3 Å². The molecular weight excluding hydrogens is 314 g/mol. The average Bonchev–Trinajstić information content (AvgIpc) is 2.62. The van der Waals surface area contributed by atoms with E-state index >= 15 is 0 Å². The first-order valence-electron chi connectivity index (χ1n) is 8.74. The molecule has 3 rings (SSSR count). The number of hydrogen-bond donors (Lipinski definition) is 1. The van der Waals surface area contributed by atoms with Crippen LogP contribution < -0.4 is 15.0 Å². The molecule has 1 aliphatic heterocycles. The van der Waals surface area contributed by atoms with Gasteiger partial charge < -0.3 is 15.0 Å². The van der Waals surface area contributed by atoms with Gasteiger partial charge in [-0.2, -0.15) is 0 Å². The van der Waals surface area contributed by atoms with Gasteiger partial charge in [0.15, 0.2) is 0 Å². The Labute approximate surface area is 149 Å². The van der Waals surface area contributed by atoms with Crippen molar-refractivity contribution in [3.63, 3.8) is 0 Å². The molecule has 0 radical (unpaired) electrons. The normalized spacial score (nSPS) is 17.2. The number of amides is 1. The molecule has 1 N–H and O–H groups in total. The lowest BCUT2D eigenvalue weighted by Gasteiger charge is -2.32. The number of ether oxygens (including phenoxy) is 1. The monoisotopic (exact) mass is 339 g/mol. The van der Waals surface area contributed by atoms with Gasteiger partial charge in [0.1, 0.15) is 11.4 Å². The van der Waals surface area contributed by atoms with Gasteiger partial charge >= 0.3 is 0 Å². The predicted molar refractivity (Wildman–Crippen MR) is 101 cm³/mol. The van der Waals surface area contributed by atoms with E-state index in [4.69, 9.17) is 4.74 Å². The molecule has 0 aliphatic carbocycles. The number of pyridine rings is 1. The number of nitrogens with zero attached hydrogens (tertiary/aromatic N) is 2. The van der Waals surface area contributed by atoms with Crippen molar-refractivity contribution in [1.82, 2.24) is 4.98 Å². The second-order valence-corrected chi connectivity index (χ2v) is 6.75. The summed E-state index contributed by atoms with van der Waals surface area (Å²) in [6.07, 6.45) is 4.16. The number of anilines is 2. The Bertz CT molecular complexity index is 760. The number of carbonyl (C=O) groups is 1. The summed E-state index contributed by atoms with van der Waals surface area (Å²) in [6.45, 7) is 6.30. The van der Waals surface area contributed by atoms with Crippen molar-refractivity contribution in [1.29, 1.82) is 0 Å². The minimum atomic E-state index is -0.226. The fourth-order valence-electron chi connectivity index (χ4n) is 3.27. The maximum absolute atomic E-state index is 12.6. The van der Waals surface area contributed by atoms with Crippen LogP contribution in [0.4, 0.5) is 11.4 Å². The van der Waals surface area contributed by atoms with E-state index in [1.807, 2.05) is 37.3 Å². The second-order valence-electron chi connectivity index (χ2n) is 6.75. The minimum Gasteiger partial charge on any atom is -0.495 e. The van der Waals surface area contributed by atoms with E-state index in [2.05, 4.69) is 22.1 Å². The van der Waals surface area contributed by atoms with Gasteiger partial charge in [0, 0.05) is 25.0 Å². The van der Waals surface area contributed by atoms with Crippen LogP contribution in [0.5, 0.6) is 5.75 Å². The van der Waals surface area contributed by atoms with Gasteiger partial charge in [-0.05, 0) is 55.5 Å². The molecule has 1 fully saturated rings. The zero-order valence-corrected chi connectivity index (χ0v) is 15.1. The molecule has 5 nitrogen and oxygen atoms in total. The van der Waals surface area contributed by atoms with Crippen LogP contribution in [0.25, 0.3) is 0 Å². The van der Waals surface area contributed by atoms with Crippen molar-refractivity contribution in [2.24, 2.45) is 5.92 Å². The van der Waals surface area contributed by atoms with Crippen LogP contribution in [0.15, 0.2) is 36.5 Å². The Kier molecular flexibility index (Phi) is 5.22. The number of aromatic nitrogens is 1. The van der Waals surface area contributed by atoms with Crippen LogP contribution in [-0.4, -0.2) is 31.1 Å². The van der Waals surface area contributed by atoms with E-state index < -0.39 is 0 Å². The molecule has 0 spiro atoms. The Balaban J connectivity index is 1.79. The average molecular weight is 339 g/mol. The Morgan fingerprint density at radius 2 is 2.16 bits per heavy atom. The smallest absolute Gasteiger partial charge is 0.274 e. The lowest BCUT2D eigenvalue weighted by molar-refractivity contribution is 0.102. The van der Waals surface area contributed by atoms with Crippen LogP contribution in [0.1, 0.15) is 35.8 Å². The zero-order valence-electron chi connectivity index (χ0n) is 15.1. The van der Waals surface area contributed by atoms with Crippen molar-refractivity contribution in [2.45, 2.75) is 26.7 Å². The number of carbonyl (C=O) groups excluding carboxylic acids is 1. The first kappa shape index (κ1) is 17.3. The van der Waals surface area contributed by atoms with E-state index in [-0.39, 0.29) is 5.91 Å². The molecule has 0 saturated carbocycles. The maximum atomic E-state index is 12.6. The van der Waals surface area contributed by atoms with E-state index in [0.29, 0.717) is 23.0 Å². The molecule has 1 aromatic carbocycles. The molecule has 5 heteroatoms. The highest BCUT2D eigenvalue weighted by Crippen LogP contribution is 2.27. The number of methoxy groups -OCH3 is 1. The first-order chi connectivity index (χ1) is 12.1. The Hall–Kier alpha value is -2.56. The Morgan fingerprint density at radius 3 is 2.92 bits per heavy atom. The van der Waals surface area contributed by atoms with Crippen molar-refractivity contribution < 1.29 is 9.53 Å². The first-order valence-corrected chi connectivity index (χ1v) is 8.74. The van der Waals surface area contributed by atoms with Gasteiger partial charge in [0.05, 0.1) is 12.8 Å². The third kappa shape index (κ3) is 4.10. The molecule has 1 aliphatic rings. The maximum Gasteiger partial charge on any atom is 0.274 e. The molecule has 1 unspecified atom stereocenters. The summed E-state index contributed by atoms with van der Waals surface area (Å²) in [5, 5.41) is 2.91. The largest absolute Gasteiger partial charge is 0.495 e. The summed E-state index contributed by atoms with van der Waals surface area (Å²) >= 11 is 0. The van der Waals surface area contributed by atoms with Gasteiger partial charge in [0.25, 0.3) is 5.91 Å². The van der Waals surface area contributed by atoms with Crippen LogP contribution in [0.3, 0.4) is 0 Å². The van der Waals surface area contributed by atoms with Crippen molar-refractivity contribution in [3.8, 4) is 5.75 Å². The fourth-order valence-corrected chi connectivity index (χ4v) is 3.27. The topological polar surface area (TPSA) is 54.5 Å². The highest BCUT2D eigenvalue weighted by Gasteiger charge is 2.18. The quantitative estimate of drug-likeness (QED) is 0.918. The summed E-state index contributed by atoms with van der Waals surface area (Å²) < 4.78 is 5.32. The second kappa shape index (κ2) is 7.55. The Morgan fingerprint density at radius 1 is 1.32 bits per heavy atom. The van der Waals surface area contributed by atoms with E-state index in [1.165, 1.54) is 12.8 Å². The molecule has 1 atom stereocenters. The standard InChI is InChI=1S/C20H25N3O2/c1-14-6-7-19(25-3)17(11-14)22-20(24)18-12-16(8-9-21-18)23-10-4-5-15(2)13-23/h6-9,11-12,15H,4-5,10,13H2,1-3H3,(H,22,24). The van der Waals surface area contributed by atoms with Crippen molar-refractivity contribution in [2.75, 3.05) is 30.4 Å². The molecule has 25 heavy (non-hydrogen) atoms. The summed E-state index contributed by atoms with van der Waals surface area (Å²) in [5.74, 6) is 1.09. The summed E-state index contributed by atoms with van der Waals surface area (Å²) in [4.78, 5) is 19.2. The molecule has 132 valence electrons. The molecular formula is C20H25N3O2. The van der Waals surface area contributed by atoms with Gasteiger partial charge in [-0.3, -0.25) is 9.78 Å². The van der Waals surface area contributed by atoms with Gasteiger partial charge in [0.2, 0.25) is 0 Å². The van der Waals surface area contributed by atoms with Crippen LogP contribution in [0, 0.1) is 12.8 Å². The minimum absolute atomic E-state index is 0.226. The third-order valence-electron chi connectivity index (χ3n) is 4.60. The lowest BCUT2D eigenvalue weighted by Crippen LogP contribution is -2.34. The van der Waals surface area contributed by atoms with E-state index in [9.17, 15) is 4.79 Å². The highest BCUT2D eigenvalue weighted by molar-refractivity contribution is 6.04. The molecule has 1 saturated heterocycles. The number of benzene rings is 1. The van der Waals surface area contributed by atoms with E-state index in [0.717, 1.165) is 24.3 Å². The van der Waals surface area contributed by atoms with Gasteiger partial charge in [-0.25, -0.2) is 0 Å². The number of rotatable bonds is 4. The van der Waals surface area contributed by atoms with Crippen LogP contribution in [-0.2, 0) is 0 Å². The summed E-state index contributed by atoms with van der Waals surface area (Å²) in [5.41, 5.74) is 3.19. The molecule has 1 aromatic heterocycles. The van der Waals surface area contributed by atoms with Crippen LogP contribution >= 0.6 is 0 Å². The van der Waals surface area contributed by atoms with Gasteiger partial charge in [-0.1, -0.05) is 13.0 Å². The zero-order chi connectivity index (χ0) is 17.8. The van der Waals surface area contributed by atoms with Crippen molar-refractivity contribution in [3.05, 3.63) is 47.8 Å². The number of nitrogens with one attached hydrogen (secondary N) is 1. The van der Waals surface area contributed by atoms with Gasteiger partial charge in [-0.15, -0.1) is 0 Å². The molecule has 2 heterocycles.